The fourth-order valence-electron chi connectivity index (χ4n) is 3.66. The van der Waals surface area contributed by atoms with Crippen LogP contribution >= 0.6 is 11.8 Å². The Morgan fingerprint density at radius 1 is 1.30 bits per heavy atom. The Morgan fingerprint density at radius 3 is 2.56 bits per heavy atom. The van der Waals surface area contributed by atoms with Crippen molar-refractivity contribution in [3.8, 4) is 6.07 Å². The molecule has 1 aliphatic carbocycles. The average Bonchev–Trinajstić information content (AvgIpc) is 3.30. The fraction of sp³-hybridized carbons (Fsp3) is 0.500. The van der Waals surface area contributed by atoms with Crippen LogP contribution in [0.5, 0.6) is 0 Å². The molecule has 2 unspecified atom stereocenters. The van der Waals surface area contributed by atoms with Gasteiger partial charge in [-0.05, 0) is 51.0 Å². The van der Waals surface area contributed by atoms with Crippen LogP contribution in [0.25, 0.3) is 0 Å². The largest absolute Gasteiger partial charge is 0.465 e. The van der Waals surface area contributed by atoms with Gasteiger partial charge in [-0.1, -0.05) is 24.6 Å². The van der Waals surface area contributed by atoms with Crippen LogP contribution in [0.2, 0.25) is 0 Å². The van der Waals surface area contributed by atoms with E-state index in [1.165, 1.54) is 11.8 Å². The predicted octanol–water partition coefficient (Wildman–Crippen LogP) is 3.37. The molecule has 6 nitrogen and oxygen atoms in total. The van der Waals surface area contributed by atoms with Gasteiger partial charge < -0.3 is 9.64 Å². The van der Waals surface area contributed by atoms with E-state index in [1.807, 2.05) is 13.0 Å². The molecule has 1 saturated carbocycles. The van der Waals surface area contributed by atoms with Crippen molar-refractivity contribution in [3.05, 3.63) is 35.4 Å². The molecule has 0 radical (unpaired) electrons. The van der Waals surface area contributed by atoms with E-state index in [1.54, 1.807) is 31.2 Å². The van der Waals surface area contributed by atoms with E-state index in [0.717, 1.165) is 25.7 Å². The summed E-state index contributed by atoms with van der Waals surface area (Å²) in [6.45, 7) is 4.13. The summed E-state index contributed by atoms with van der Waals surface area (Å²) in [5.41, 5.74) is 0.929. The minimum atomic E-state index is -0.377. The molecule has 2 atom stereocenters. The van der Waals surface area contributed by atoms with Crippen LogP contribution in [0.4, 0.5) is 0 Å². The second kappa shape index (κ2) is 8.57. The van der Waals surface area contributed by atoms with Gasteiger partial charge >= 0.3 is 5.97 Å². The van der Waals surface area contributed by atoms with Gasteiger partial charge in [-0.3, -0.25) is 9.59 Å². The molecule has 0 spiro atoms. The number of carbonyl (C=O) groups is 2. The lowest BCUT2D eigenvalue weighted by atomic mass is 10.1. The number of hydrogen-bond acceptors (Lipinski definition) is 5. The molecule has 1 heterocycles. The van der Waals surface area contributed by atoms with E-state index in [9.17, 15) is 9.59 Å². The minimum absolute atomic E-state index is 0.0651. The average molecular weight is 385 g/mol. The second-order valence-electron chi connectivity index (χ2n) is 6.77. The second-order valence-corrected chi connectivity index (χ2v) is 7.87. The number of aliphatic imine (C=N–C) groups is 1. The van der Waals surface area contributed by atoms with Gasteiger partial charge in [0.2, 0.25) is 0 Å². The zero-order valence-corrected chi connectivity index (χ0v) is 16.4. The fourth-order valence-corrected chi connectivity index (χ4v) is 4.95. The van der Waals surface area contributed by atoms with E-state index in [2.05, 4.69) is 9.89 Å². The van der Waals surface area contributed by atoms with Crippen LogP contribution in [0.15, 0.2) is 29.3 Å². The number of amidine groups is 1. The lowest BCUT2D eigenvalue weighted by Gasteiger charge is -2.30. The molecule has 2 fully saturated rings. The summed E-state index contributed by atoms with van der Waals surface area (Å²) in [5, 5.41) is 9.11. The monoisotopic (exact) mass is 385 g/mol. The molecule has 0 bridgehead atoms. The standard InChI is InChI=1S/C20H23N3O3S/c1-3-26-19(25)17-13(2)23(16-6-4-5-7-16)20(27-17)22-18(24)15-10-8-14(12-21)9-11-15/h8-11,13,16-17H,3-7H2,1-2H3. The number of esters is 1. The van der Waals surface area contributed by atoms with E-state index in [-0.39, 0.29) is 23.2 Å². The van der Waals surface area contributed by atoms with Crippen molar-refractivity contribution in [1.82, 2.24) is 4.90 Å². The summed E-state index contributed by atoms with van der Waals surface area (Å²) in [6.07, 6.45) is 4.40. The summed E-state index contributed by atoms with van der Waals surface area (Å²) in [7, 11) is 0. The highest BCUT2D eigenvalue weighted by Crippen LogP contribution is 2.38. The molecule has 27 heavy (non-hydrogen) atoms. The molecule has 1 aromatic rings. The molecule has 1 aliphatic heterocycles. The van der Waals surface area contributed by atoms with Crippen LogP contribution in [0, 0.1) is 11.3 Å². The zero-order valence-electron chi connectivity index (χ0n) is 15.6. The van der Waals surface area contributed by atoms with Crippen LogP contribution in [0.3, 0.4) is 0 Å². The third-order valence-electron chi connectivity index (χ3n) is 5.03. The first-order valence-corrected chi connectivity index (χ1v) is 10.2. The topological polar surface area (TPSA) is 82.8 Å². The number of amides is 1. The Kier molecular flexibility index (Phi) is 6.17. The molecule has 7 heteroatoms. The Balaban J connectivity index is 1.86. The molecule has 1 saturated heterocycles. The summed E-state index contributed by atoms with van der Waals surface area (Å²) in [5.74, 6) is -0.615. The summed E-state index contributed by atoms with van der Waals surface area (Å²) in [4.78, 5) is 31.5. The zero-order chi connectivity index (χ0) is 19.4. The summed E-state index contributed by atoms with van der Waals surface area (Å²) >= 11 is 1.32. The number of benzene rings is 1. The van der Waals surface area contributed by atoms with Gasteiger partial charge in [0.25, 0.3) is 5.91 Å². The minimum Gasteiger partial charge on any atom is -0.465 e. The number of ether oxygens (including phenoxy) is 1. The number of hydrogen-bond donors (Lipinski definition) is 0. The van der Waals surface area contributed by atoms with Crippen molar-refractivity contribution >= 4 is 28.8 Å². The third kappa shape index (κ3) is 4.16. The van der Waals surface area contributed by atoms with Gasteiger partial charge in [0, 0.05) is 11.6 Å². The predicted molar refractivity (Wildman–Crippen MR) is 104 cm³/mol. The van der Waals surface area contributed by atoms with Crippen LogP contribution in [-0.4, -0.2) is 45.9 Å². The number of carbonyl (C=O) groups excluding carboxylic acids is 2. The van der Waals surface area contributed by atoms with Crippen LogP contribution in [0.1, 0.15) is 55.5 Å². The van der Waals surface area contributed by atoms with Crippen molar-refractivity contribution in [3.63, 3.8) is 0 Å². The first-order chi connectivity index (χ1) is 13.0. The molecular weight excluding hydrogens is 362 g/mol. The highest BCUT2D eigenvalue weighted by atomic mass is 32.2. The Labute approximate surface area is 163 Å². The molecular formula is C20H23N3O3S. The maximum atomic E-state index is 12.6. The number of rotatable bonds is 4. The lowest BCUT2D eigenvalue weighted by molar-refractivity contribution is -0.143. The van der Waals surface area contributed by atoms with Crippen LogP contribution in [-0.2, 0) is 9.53 Å². The maximum Gasteiger partial charge on any atom is 0.321 e. The van der Waals surface area contributed by atoms with Gasteiger partial charge in [0.15, 0.2) is 5.17 Å². The molecule has 0 aromatic heterocycles. The van der Waals surface area contributed by atoms with Crippen molar-refractivity contribution in [1.29, 1.82) is 5.26 Å². The van der Waals surface area contributed by atoms with E-state index >= 15 is 0 Å². The Bertz CT molecular complexity index is 779. The van der Waals surface area contributed by atoms with Crippen LogP contribution < -0.4 is 0 Å². The normalized spacial score (nSPS) is 24.2. The third-order valence-corrected chi connectivity index (χ3v) is 6.38. The molecule has 3 rings (SSSR count). The summed E-state index contributed by atoms with van der Waals surface area (Å²) in [6, 6.07) is 8.70. The van der Waals surface area contributed by atoms with Gasteiger partial charge in [-0.2, -0.15) is 10.3 Å². The highest BCUT2D eigenvalue weighted by molar-refractivity contribution is 8.15. The van der Waals surface area contributed by atoms with Gasteiger partial charge in [0.1, 0.15) is 5.25 Å². The van der Waals surface area contributed by atoms with Crippen molar-refractivity contribution in [2.75, 3.05) is 6.61 Å². The first kappa shape index (κ1) is 19.4. The van der Waals surface area contributed by atoms with Gasteiger partial charge in [-0.25, -0.2) is 0 Å². The molecule has 142 valence electrons. The molecule has 2 aliphatic rings. The lowest BCUT2D eigenvalue weighted by Crippen LogP contribution is -2.43. The summed E-state index contributed by atoms with van der Waals surface area (Å²) < 4.78 is 5.21. The Hall–Kier alpha value is -2.33. The van der Waals surface area contributed by atoms with E-state index in [4.69, 9.17) is 10.00 Å². The quantitative estimate of drug-likeness (QED) is 0.739. The Morgan fingerprint density at radius 2 is 1.96 bits per heavy atom. The smallest absolute Gasteiger partial charge is 0.321 e. The van der Waals surface area contributed by atoms with Gasteiger partial charge in [0.05, 0.1) is 24.3 Å². The first-order valence-electron chi connectivity index (χ1n) is 9.30. The number of nitrogens with zero attached hydrogens (tertiary/aromatic N) is 3. The number of thioether (sulfide) groups is 1. The highest BCUT2D eigenvalue weighted by Gasteiger charge is 2.45. The maximum absolute atomic E-state index is 12.6. The molecule has 0 N–H and O–H groups in total. The number of nitriles is 1. The van der Waals surface area contributed by atoms with E-state index < -0.39 is 0 Å². The molecule has 1 aromatic carbocycles. The van der Waals surface area contributed by atoms with Crippen molar-refractivity contribution < 1.29 is 14.3 Å². The SMILES string of the molecule is CCOC(=O)C1SC(=NC(=O)c2ccc(C#N)cc2)N(C2CCCC2)C1C. The van der Waals surface area contributed by atoms with Gasteiger partial charge in [-0.15, -0.1) is 0 Å². The molecule has 1 amide bonds. The van der Waals surface area contributed by atoms with Crippen molar-refractivity contribution in [2.24, 2.45) is 4.99 Å². The van der Waals surface area contributed by atoms with Crippen molar-refractivity contribution in [2.45, 2.75) is 56.9 Å². The van der Waals surface area contributed by atoms with E-state index in [0.29, 0.717) is 28.9 Å².